The van der Waals surface area contributed by atoms with E-state index >= 15 is 0 Å². The molecular formula is C94H91BN4. The lowest BCUT2D eigenvalue weighted by Crippen LogP contribution is -2.59. The van der Waals surface area contributed by atoms with Crippen LogP contribution in [0.1, 0.15) is 158 Å². The van der Waals surface area contributed by atoms with Crippen LogP contribution < -0.4 is 16.4 Å². The first-order valence-electron chi connectivity index (χ1n) is 35.8. The number of aromatic nitrogens is 4. The maximum absolute atomic E-state index is 6.00. The van der Waals surface area contributed by atoms with Crippen LogP contribution in [0.5, 0.6) is 0 Å². The van der Waals surface area contributed by atoms with Crippen molar-refractivity contribution in [3.63, 3.8) is 0 Å². The molecule has 0 saturated heterocycles. The summed E-state index contributed by atoms with van der Waals surface area (Å²) in [6.45, 7) is 42.2. The van der Waals surface area contributed by atoms with Crippen LogP contribution in [0.2, 0.25) is 0 Å². The first-order valence-corrected chi connectivity index (χ1v) is 35.8. The summed E-state index contributed by atoms with van der Waals surface area (Å²) < 4.78 is 5.37. The molecule has 0 amide bonds. The Morgan fingerprint density at radius 3 is 0.909 bits per heavy atom. The lowest BCUT2D eigenvalue weighted by molar-refractivity contribution is 0.568. The fraction of sp³-hybridized carbons (Fsp3) is 0.255. The quantitative estimate of drug-likeness (QED) is 0.149. The highest BCUT2D eigenvalue weighted by molar-refractivity contribution is 7.00. The molecule has 4 nitrogen and oxygen atoms in total. The van der Waals surface area contributed by atoms with Gasteiger partial charge >= 0.3 is 0 Å². The molecule has 0 aliphatic carbocycles. The van der Waals surface area contributed by atoms with Crippen molar-refractivity contribution in [2.75, 3.05) is 0 Å². The molecule has 490 valence electrons. The summed E-state index contributed by atoms with van der Waals surface area (Å²) in [5.41, 5.74) is 32.4. The Morgan fingerprint density at radius 2 is 0.586 bits per heavy atom. The van der Waals surface area contributed by atoms with E-state index < -0.39 is 0 Å². The summed E-state index contributed by atoms with van der Waals surface area (Å²) >= 11 is 0. The van der Waals surface area contributed by atoms with Crippen LogP contribution in [0.25, 0.3) is 133 Å². The Morgan fingerprint density at radius 1 is 0.273 bits per heavy atom. The minimum absolute atomic E-state index is 0.125. The first-order chi connectivity index (χ1) is 46.8. The van der Waals surface area contributed by atoms with Gasteiger partial charge in [-0.3, -0.25) is 0 Å². The fourth-order valence-electron chi connectivity index (χ4n) is 15.8. The molecule has 2 aliphatic rings. The molecule has 0 saturated carbocycles. The van der Waals surface area contributed by atoms with E-state index in [1.807, 2.05) is 0 Å². The summed E-state index contributed by atoms with van der Waals surface area (Å²) in [6.07, 6.45) is 0. The number of hydrogen-bond acceptors (Lipinski definition) is 2. The van der Waals surface area contributed by atoms with Gasteiger partial charge in [-0.25, -0.2) is 9.97 Å². The maximum Gasteiger partial charge on any atom is 0.252 e. The normalized spacial score (nSPS) is 13.3. The van der Waals surface area contributed by atoms with Gasteiger partial charge in [0.15, 0.2) is 5.82 Å². The number of rotatable bonds is 7. The molecule has 0 fully saturated rings. The maximum atomic E-state index is 6.00. The molecule has 0 unspecified atom stereocenters. The van der Waals surface area contributed by atoms with Gasteiger partial charge in [0.05, 0.1) is 22.4 Å². The first kappa shape index (κ1) is 63.9. The predicted octanol–water partition coefficient (Wildman–Crippen LogP) is 23.3. The summed E-state index contributed by atoms with van der Waals surface area (Å²) in [6, 6.07) is 86.2. The Hall–Kier alpha value is -9.84. The second kappa shape index (κ2) is 22.3. The van der Waals surface area contributed by atoms with Crippen molar-refractivity contribution in [2.45, 2.75) is 157 Å². The van der Waals surface area contributed by atoms with Crippen LogP contribution in [0, 0.1) is 0 Å². The average Bonchev–Trinajstić information content (AvgIpc) is 1.54. The van der Waals surface area contributed by atoms with Crippen molar-refractivity contribution in [2.24, 2.45) is 0 Å². The fourth-order valence-corrected chi connectivity index (χ4v) is 15.8. The minimum Gasteiger partial charge on any atom is -0.310 e. The van der Waals surface area contributed by atoms with Gasteiger partial charge in [-0.2, -0.15) is 0 Å². The Bertz CT molecular complexity index is 5220. The molecule has 11 aromatic carbocycles. The molecule has 0 N–H and O–H groups in total. The molecular weight excluding hydrogens is 1200 g/mol. The zero-order valence-corrected chi connectivity index (χ0v) is 61.2. The Balaban J connectivity index is 1.13. The molecule has 2 aliphatic heterocycles. The molecule has 99 heavy (non-hydrogen) atoms. The Kier molecular flexibility index (Phi) is 14.4. The topological polar surface area (TPSA) is 35.6 Å². The second-order valence-corrected chi connectivity index (χ2v) is 34.8. The van der Waals surface area contributed by atoms with Gasteiger partial charge < -0.3 is 9.13 Å². The molecule has 5 heterocycles. The molecule has 0 bridgehead atoms. The lowest BCUT2D eigenvalue weighted by atomic mass is 9.34. The molecule has 0 spiro atoms. The van der Waals surface area contributed by atoms with Crippen molar-refractivity contribution in [1.82, 2.24) is 19.1 Å². The highest BCUT2D eigenvalue weighted by Gasteiger charge is 2.44. The predicted molar refractivity (Wildman–Crippen MR) is 426 cm³/mol. The second-order valence-electron chi connectivity index (χ2n) is 34.8. The largest absolute Gasteiger partial charge is 0.310 e. The van der Waals surface area contributed by atoms with E-state index in [0.717, 1.165) is 39.5 Å². The van der Waals surface area contributed by atoms with Crippen molar-refractivity contribution < 1.29 is 0 Å². The van der Waals surface area contributed by atoms with Crippen molar-refractivity contribution in [3.05, 3.63) is 258 Å². The summed E-state index contributed by atoms with van der Waals surface area (Å²) in [5.74, 6) is 0.683. The van der Waals surface area contributed by atoms with Crippen molar-refractivity contribution in [1.29, 1.82) is 0 Å². The van der Waals surface area contributed by atoms with Crippen LogP contribution in [-0.4, -0.2) is 25.8 Å². The van der Waals surface area contributed by atoms with E-state index in [1.165, 1.54) is 138 Å². The third-order valence-corrected chi connectivity index (χ3v) is 21.5. The third kappa shape index (κ3) is 10.8. The number of nitrogens with zero attached hydrogens (tertiary/aromatic N) is 4. The molecule has 0 atom stereocenters. The number of fused-ring (bicyclic) bond motifs is 10. The van der Waals surface area contributed by atoms with E-state index in [-0.39, 0.29) is 39.2 Å². The SMILES string of the molecule is CC(C)(C)c1cc(-c2cc(-c3cc(C(C)(C)C)cc(C(C)(C)C)c3)nc(-c3cc4c5c(c3)-n3c6cc(-c7ccccc7)cc(-c7ccccc7)c6c6cc(C(C)(C)C)cc(c63)B5c3cc(C(C)(C)C)cc5c6c(-c7ccccc7)cc(-c7ccccc7)cc6n-4c35)n2)cc(C(C)(C)C)c1. The van der Waals surface area contributed by atoms with Crippen LogP contribution in [0.4, 0.5) is 0 Å². The third-order valence-electron chi connectivity index (χ3n) is 21.5. The van der Waals surface area contributed by atoms with E-state index in [1.54, 1.807) is 0 Å². The molecule has 3 aromatic heterocycles. The minimum atomic E-state index is -0.187. The number of hydrogen-bond donors (Lipinski definition) is 0. The van der Waals surface area contributed by atoms with Gasteiger partial charge in [0.2, 0.25) is 0 Å². The Labute approximate surface area is 587 Å². The zero-order valence-electron chi connectivity index (χ0n) is 61.2. The van der Waals surface area contributed by atoms with Gasteiger partial charge in [0, 0.05) is 60.6 Å². The monoisotopic (exact) mass is 1290 g/mol. The van der Waals surface area contributed by atoms with E-state index in [0.29, 0.717) is 5.82 Å². The van der Waals surface area contributed by atoms with Gasteiger partial charge in [-0.1, -0.05) is 270 Å². The average molecular weight is 1290 g/mol. The van der Waals surface area contributed by atoms with Crippen molar-refractivity contribution >= 4 is 66.7 Å². The molecule has 0 radical (unpaired) electrons. The zero-order chi connectivity index (χ0) is 69.4. The smallest absolute Gasteiger partial charge is 0.252 e. The van der Waals surface area contributed by atoms with Gasteiger partial charge in [-0.15, -0.1) is 0 Å². The standard InChI is InChI=1S/C94H91BN4/c1-89(2,3)65-39-62(40-66(49-65)90(4,5)6)77-55-78(63-41-67(91(7,8)9)50-68(42-63)92(10,11)12)97-88(96-77)64-47-81-85-82(48-64)99-80-46-61(57-33-25-20-26-34-57)44-72(59-37-29-22-30-38-59)84(80)74-52-70(94(16,17)18)54-76(87(74)99)95(85)75-53-69(93(13,14)15)51-73-83-71(58-35-27-21-28-36-58)43-60(56-31-23-19-24-32-56)45-79(83)98(81)86(73)75/h19-55H,1-18H3. The lowest BCUT2D eigenvalue weighted by Gasteiger charge is -2.35. The van der Waals surface area contributed by atoms with Crippen LogP contribution in [-0.2, 0) is 32.5 Å². The van der Waals surface area contributed by atoms with Gasteiger partial charge in [-0.05, 0) is 206 Å². The summed E-state index contributed by atoms with van der Waals surface area (Å²) in [5, 5.41) is 5.03. The molecule has 16 rings (SSSR count). The molecule has 5 heteroatoms. The highest BCUT2D eigenvalue weighted by atomic mass is 15.0. The van der Waals surface area contributed by atoms with E-state index in [4.69, 9.17) is 9.97 Å². The van der Waals surface area contributed by atoms with Crippen LogP contribution in [0.3, 0.4) is 0 Å². The summed E-state index contributed by atoms with van der Waals surface area (Å²) in [7, 11) is 0. The molecule has 14 aromatic rings. The van der Waals surface area contributed by atoms with Gasteiger partial charge in [0.1, 0.15) is 0 Å². The van der Waals surface area contributed by atoms with Crippen molar-refractivity contribution in [3.8, 4) is 89.8 Å². The van der Waals surface area contributed by atoms with Crippen LogP contribution >= 0.6 is 0 Å². The van der Waals surface area contributed by atoms with Crippen LogP contribution in [0.15, 0.2) is 224 Å². The van der Waals surface area contributed by atoms with E-state index in [9.17, 15) is 0 Å². The highest BCUT2D eigenvalue weighted by Crippen LogP contribution is 2.49. The van der Waals surface area contributed by atoms with E-state index in [2.05, 4.69) is 358 Å². The summed E-state index contributed by atoms with van der Waals surface area (Å²) in [4.78, 5) is 12.0. The van der Waals surface area contributed by atoms with Gasteiger partial charge in [0.25, 0.3) is 6.71 Å². The number of benzene rings is 11.